The largest absolute Gasteiger partial charge is 0.477 e. The van der Waals surface area contributed by atoms with Gasteiger partial charge < -0.3 is 15.5 Å². The van der Waals surface area contributed by atoms with Gasteiger partial charge in [0.2, 0.25) is 10.0 Å². The molecule has 7 nitrogen and oxygen atoms in total. The first-order chi connectivity index (χ1) is 9.90. The molecule has 2 fully saturated rings. The summed E-state index contributed by atoms with van der Waals surface area (Å²) in [6.45, 7) is 1.70. The molecule has 22 heavy (non-hydrogen) atoms. The summed E-state index contributed by atoms with van der Waals surface area (Å²) in [6.07, 6.45) is 0. The quantitative estimate of drug-likeness (QED) is 0.694. The molecule has 0 saturated carbocycles. The second-order valence-electron chi connectivity index (χ2n) is 5.56. The van der Waals surface area contributed by atoms with Crippen LogP contribution in [0.25, 0.3) is 0 Å². The first-order valence-corrected chi connectivity index (χ1v) is 8.85. The fourth-order valence-corrected chi connectivity index (χ4v) is 5.99. The van der Waals surface area contributed by atoms with Crippen LogP contribution in [0, 0.1) is 11.3 Å². The zero-order valence-electron chi connectivity index (χ0n) is 11.6. The number of hydrogen-bond acceptors (Lipinski definition) is 6. The third-order valence-electron chi connectivity index (χ3n) is 4.41. The summed E-state index contributed by atoms with van der Waals surface area (Å²) in [7, 11) is -3.84. The third-order valence-corrected chi connectivity index (χ3v) is 7.29. The number of fused-ring (bicyclic) bond motifs is 1. The van der Waals surface area contributed by atoms with Crippen LogP contribution in [0.4, 0.5) is 0 Å². The van der Waals surface area contributed by atoms with Gasteiger partial charge in [0.1, 0.15) is 9.77 Å². The Morgan fingerprint density at radius 2 is 2.27 bits per heavy atom. The first-order valence-electron chi connectivity index (χ1n) is 6.53. The summed E-state index contributed by atoms with van der Waals surface area (Å²) < 4.78 is 26.7. The predicted octanol–water partition coefficient (Wildman–Crippen LogP) is 0.0705. The maximum Gasteiger partial charge on any atom is 0.347 e. The van der Waals surface area contributed by atoms with Crippen molar-refractivity contribution in [3.63, 3.8) is 0 Å². The minimum Gasteiger partial charge on any atom is -0.477 e. The molecule has 0 spiro atoms. The van der Waals surface area contributed by atoms with Gasteiger partial charge in [0.25, 0.3) is 0 Å². The van der Waals surface area contributed by atoms with E-state index in [9.17, 15) is 18.3 Å². The average molecular weight is 369 g/mol. The summed E-state index contributed by atoms with van der Waals surface area (Å²) in [6, 6.07) is 1.33. The second-order valence-corrected chi connectivity index (χ2v) is 8.39. The molecule has 124 valence electrons. The number of sulfonamides is 1. The molecular weight excluding hydrogens is 352 g/mol. The maximum atomic E-state index is 12.7. The van der Waals surface area contributed by atoms with Crippen LogP contribution in [-0.4, -0.2) is 61.7 Å². The number of aliphatic hydroxyl groups excluding tert-OH is 1. The van der Waals surface area contributed by atoms with Crippen LogP contribution in [0.2, 0.25) is 0 Å². The highest BCUT2D eigenvalue weighted by Crippen LogP contribution is 2.41. The number of rotatable bonds is 4. The van der Waals surface area contributed by atoms with Gasteiger partial charge in [0, 0.05) is 25.0 Å². The van der Waals surface area contributed by atoms with Crippen LogP contribution >= 0.6 is 23.7 Å². The predicted molar refractivity (Wildman–Crippen MR) is 83.2 cm³/mol. The van der Waals surface area contributed by atoms with Crippen LogP contribution in [0.15, 0.2) is 16.3 Å². The highest BCUT2D eigenvalue weighted by Gasteiger charge is 2.52. The minimum absolute atomic E-state index is 0. The first kappa shape index (κ1) is 17.6. The summed E-state index contributed by atoms with van der Waals surface area (Å²) >= 11 is 0.902. The van der Waals surface area contributed by atoms with Crippen molar-refractivity contribution in [1.82, 2.24) is 9.62 Å². The molecule has 3 rings (SSSR count). The molecule has 0 amide bonds. The van der Waals surface area contributed by atoms with Crippen molar-refractivity contribution in [1.29, 1.82) is 0 Å². The number of thiophene rings is 1. The Morgan fingerprint density at radius 1 is 1.55 bits per heavy atom. The zero-order chi connectivity index (χ0) is 15.3. The van der Waals surface area contributed by atoms with Gasteiger partial charge in [-0.3, -0.25) is 0 Å². The lowest BCUT2D eigenvalue weighted by atomic mass is 9.82. The van der Waals surface area contributed by atoms with Gasteiger partial charge in [-0.15, -0.1) is 23.7 Å². The molecule has 2 aliphatic rings. The third kappa shape index (κ3) is 2.55. The van der Waals surface area contributed by atoms with Gasteiger partial charge in [-0.2, -0.15) is 4.31 Å². The molecule has 0 radical (unpaired) electrons. The van der Waals surface area contributed by atoms with E-state index in [-0.39, 0.29) is 41.2 Å². The van der Waals surface area contributed by atoms with Crippen molar-refractivity contribution in [3.8, 4) is 0 Å². The highest BCUT2D eigenvalue weighted by atomic mass is 35.5. The van der Waals surface area contributed by atoms with E-state index < -0.39 is 21.4 Å². The highest BCUT2D eigenvalue weighted by molar-refractivity contribution is 7.89. The summed E-state index contributed by atoms with van der Waals surface area (Å²) in [5, 5.41) is 23.4. The van der Waals surface area contributed by atoms with Crippen molar-refractivity contribution in [2.24, 2.45) is 11.3 Å². The van der Waals surface area contributed by atoms with E-state index in [0.717, 1.165) is 11.3 Å². The Balaban J connectivity index is 0.00000176. The van der Waals surface area contributed by atoms with E-state index in [4.69, 9.17) is 5.11 Å². The molecule has 2 atom stereocenters. The fraction of sp³-hybridized carbons (Fsp3) is 0.583. The lowest BCUT2D eigenvalue weighted by Gasteiger charge is -2.25. The van der Waals surface area contributed by atoms with Crippen molar-refractivity contribution in [2.75, 3.05) is 32.8 Å². The smallest absolute Gasteiger partial charge is 0.347 e. The Bertz CT molecular complexity index is 677. The van der Waals surface area contributed by atoms with E-state index in [1.54, 1.807) is 0 Å². The normalized spacial score (nSPS) is 28.3. The molecule has 0 bridgehead atoms. The number of halogens is 1. The van der Waals surface area contributed by atoms with Gasteiger partial charge in [0.15, 0.2) is 0 Å². The van der Waals surface area contributed by atoms with Gasteiger partial charge in [-0.25, -0.2) is 13.2 Å². The number of carboxylic acid groups (broad SMARTS) is 1. The Hall–Kier alpha value is -0.710. The topological polar surface area (TPSA) is 107 Å². The molecule has 2 unspecified atom stereocenters. The molecule has 1 aromatic rings. The number of nitrogens with zero attached hydrogens (tertiary/aromatic N) is 1. The maximum absolute atomic E-state index is 12.7. The van der Waals surface area contributed by atoms with Crippen LogP contribution in [0.1, 0.15) is 9.67 Å². The van der Waals surface area contributed by atoms with Gasteiger partial charge in [-0.05, 0) is 23.9 Å². The number of aliphatic hydroxyl groups is 1. The van der Waals surface area contributed by atoms with E-state index in [0.29, 0.717) is 19.6 Å². The second kappa shape index (κ2) is 6.06. The number of carboxylic acids is 1. The fourth-order valence-electron chi connectivity index (χ4n) is 3.17. The average Bonchev–Trinajstić information content (AvgIpc) is 3.12. The molecule has 1 aromatic heterocycles. The van der Waals surface area contributed by atoms with Crippen LogP contribution in [0.3, 0.4) is 0 Å². The molecular formula is C12H17ClN2O5S2. The number of nitrogens with one attached hydrogen (secondary N) is 1. The Kier molecular flexibility index (Phi) is 4.86. The summed E-state index contributed by atoms with van der Waals surface area (Å²) in [5.74, 6) is -1.18. The van der Waals surface area contributed by atoms with Gasteiger partial charge in [0.05, 0.1) is 6.61 Å². The van der Waals surface area contributed by atoms with E-state index in [1.807, 2.05) is 0 Å². The van der Waals surface area contributed by atoms with Gasteiger partial charge >= 0.3 is 5.97 Å². The molecule has 0 aliphatic carbocycles. The molecule has 0 aromatic carbocycles. The van der Waals surface area contributed by atoms with Crippen LogP contribution in [0.5, 0.6) is 0 Å². The number of aromatic carboxylic acids is 1. The van der Waals surface area contributed by atoms with Crippen LogP contribution < -0.4 is 5.32 Å². The Labute approximate surface area is 138 Å². The van der Waals surface area contributed by atoms with Gasteiger partial charge in [-0.1, -0.05) is 0 Å². The lowest BCUT2D eigenvalue weighted by Crippen LogP contribution is -2.38. The number of hydrogen-bond donors (Lipinski definition) is 3. The van der Waals surface area contributed by atoms with Crippen molar-refractivity contribution in [3.05, 3.63) is 16.3 Å². The van der Waals surface area contributed by atoms with Crippen molar-refractivity contribution < 1.29 is 23.4 Å². The molecule has 2 aliphatic heterocycles. The van der Waals surface area contributed by atoms with E-state index >= 15 is 0 Å². The monoisotopic (exact) mass is 368 g/mol. The molecule has 3 heterocycles. The SMILES string of the molecule is Cl.O=C(O)c1sccc1S(=O)(=O)N1CC2CNCC2(CO)C1. The van der Waals surface area contributed by atoms with E-state index in [1.165, 1.54) is 15.8 Å². The Morgan fingerprint density at radius 3 is 2.86 bits per heavy atom. The van der Waals surface area contributed by atoms with Crippen molar-refractivity contribution in [2.45, 2.75) is 4.90 Å². The van der Waals surface area contributed by atoms with Crippen molar-refractivity contribution >= 4 is 39.7 Å². The minimum atomic E-state index is -3.84. The molecule has 3 N–H and O–H groups in total. The van der Waals surface area contributed by atoms with Crippen LogP contribution in [-0.2, 0) is 10.0 Å². The van der Waals surface area contributed by atoms with E-state index in [2.05, 4.69) is 5.32 Å². The summed E-state index contributed by atoms with van der Waals surface area (Å²) in [5.41, 5.74) is -0.452. The standard InChI is InChI=1S/C12H16N2O5S2.ClH/c15-7-12-5-13-3-8(12)4-14(6-12)21(18,19)9-1-2-20-10(9)11(16)17;/h1-2,8,13,15H,3-7H2,(H,16,17);1H. The number of carbonyl (C=O) groups is 1. The molecule has 2 saturated heterocycles. The lowest BCUT2D eigenvalue weighted by molar-refractivity contribution is 0.0698. The molecule has 10 heteroatoms. The zero-order valence-corrected chi connectivity index (χ0v) is 14.0. The summed E-state index contributed by atoms with van der Waals surface area (Å²) in [4.78, 5) is 10.8.